The van der Waals surface area contributed by atoms with Gasteiger partial charge in [-0.15, -0.1) is 0 Å². The Kier molecular flexibility index (Phi) is 6.90. The predicted octanol–water partition coefficient (Wildman–Crippen LogP) is 2.76. The minimum atomic E-state index is -1.03. The molecule has 1 heterocycles. The molecule has 1 unspecified atom stereocenters. The Morgan fingerprint density at radius 3 is 2.62 bits per heavy atom. The van der Waals surface area contributed by atoms with Gasteiger partial charge in [0.1, 0.15) is 0 Å². The van der Waals surface area contributed by atoms with Crippen molar-refractivity contribution in [3.05, 3.63) is 64.7 Å². The summed E-state index contributed by atoms with van der Waals surface area (Å²) < 4.78 is 10.9. The Hall–Kier alpha value is -2.83. The van der Waals surface area contributed by atoms with E-state index in [9.17, 15) is 9.90 Å². The molecule has 0 saturated heterocycles. The van der Waals surface area contributed by atoms with Crippen molar-refractivity contribution < 1.29 is 24.5 Å². The van der Waals surface area contributed by atoms with Gasteiger partial charge < -0.3 is 19.7 Å². The smallest absolute Gasteiger partial charge is 0.328 e. The van der Waals surface area contributed by atoms with Gasteiger partial charge in [-0.1, -0.05) is 30.3 Å². The zero-order valence-corrected chi connectivity index (χ0v) is 16.8. The third-order valence-corrected chi connectivity index (χ3v) is 5.21. The van der Waals surface area contributed by atoms with E-state index in [2.05, 4.69) is 23.1 Å². The van der Waals surface area contributed by atoms with Crippen LogP contribution in [-0.4, -0.2) is 54.5 Å². The van der Waals surface area contributed by atoms with Crippen LogP contribution in [0, 0.1) is 0 Å². The number of aliphatic hydroxyl groups is 1. The lowest BCUT2D eigenvalue weighted by Gasteiger charge is -2.30. The van der Waals surface area contributed by atoms with Gasteiger partial charge in [0, 0.05) is 37.7 Å². The van der Waals surface area contributed by atoms with Crippen molar-refractivity contribution in [2.75, 3.05) is 27.3 Å². The van der Waals surface area contributed by atoms with Gasteiger partial charge in [-0.2, -0.15) is 0 Å². The number of hydrogen-bond donors (Lipinski definition) is 2. The van der Waals surface area contributed by atoms with Gasteiger partial charge >= 0.3 is 5.97 Å². The lowest BCUT2D eigenvalue weighted by atomic mass is 9.97. The van der Waals surface area contributed by atoms with Crippen LogP contribution < -0.4 is 9.47 Å². The summed E-state index contributed by atoms with van der Waals surface area (Å²) in [4.78, 5) is 13.2. The second-order valence-electron chi connectivity index (χ2n) is 7.15. The molecular weight excluding hydrogens is 370 g/mol. The summed E-state index contributed by atoms with van der Waals surface area (Å²) >= 11 is 0. The molecule has 29 heavy (non-hydrogen) atoms. The second kappa shape index (κ2) is 9.58. The Bertz CT molecular complexity index is 893. The number of hydrogen-bond acceptors (Lipinski definition) is 5. The molecule has 6 heteroatoms. The maximum Gasteiger partial charge on any atom is 0.328 e. The number of aliphatic hydroxyl groups excluding tert-OH is 1. The van der Waals surface area contributed by atoms with Crippen molar-refractivity contribution in [1.82, 2.24) is 4.90 Å². The molecule has 3 rings (SSSR count). The van der Waals surface area contributed by atoms with Crippen LogP contribution in [0.3, 0.4) is 0 Å². The summed E-state index contributed by atoms with van der Waals surface area (Å²) in [6.45, 7) is 2.24. The summed E-state index contributed by atoms with van der Waals surface area (Å²) in [7, 11) is 3.09. The fourth-order valence-electron chi connectivity index (χ4n) is 3.84. The topological polar surface area (TPSA) is 79.2 Å². The number of rotatable bonds is 8. The maximum absolute atomic E-state index is 10.9. The standard InChI is InChI=1S/C23H27NO5/c1-28-21-9-7-17(8-10-22(26)27)20(23(21)29-2)13-19(25)15-24-12-11-16-5-3-4-6-18(16)14-24/h3-10,19,25H,11-15H2,1-2H3,(H,26,27). The minimum absolute atomic E-state index is 0.331. The number of fused-ring (bicyclic) bond motifs is 1. The first-order valence-electron chi connectivity index (χ1n) is 9.64. The molecule has 0 saturated carbocycles. The summed E-state index contributed by atoms with van der Waals surface area (Å²) in [6.07, 6.45) is 3.27. The van der Waals surface area contributed by atoms with Crippen molar-refractivity contribution in [3.8, 4) is 11.5 Å². The van der Waals surface area contributed by atoms with Gasteiger partial charge in [-0.3, -0.25) is 4.90 Å². The van der Waals surface area contributed by atoms with Crippen LogP contribution in [0.4, 0.5) is 0 Å². The summed E-state index contributed by atoms with van der Waals surface area (Å²) in [6, 6.07) is 11.9. The van der Waals surface area contributed by atoms with Crippen LogP contribution in [0.2, 0.25) is 0 Å². The Morgan fingerprint density at radius 2 is 1.93 bits per heavy atom. The van der Waals surface area contributed by atoms with Crippen LogP contribution in [0.25, 0.3) is 6.08 Å². The van der Waals surface area contributed by atoms with Crippen LogP contribution in [0.15, 0.2) is 42.5 Å². The summed E-state index contributed by atoms with van der Waals surface area (Å²) in [5.41, 5.74) is 4.09. The zero-order chi connectivity index (χ0) is 20.8. The van der Waals surface area contributed by atoms with Gasteiger partial charge in [0.05, 0.1) is 20.3 Å². The predicted molar refractivity (Wildman–Crippen MR) is 111 cm³/mol. The van der Waals surface area contributed by atoms with E-state index in [-0.39, 0.29) is 0 Å². The second-order valence-corrected chi connectivity index (χ2v) is 7.15. The quantitative estimate of drug-likeness (QED) is 0.667. The Morgan fingerprint density at radius 1 is 1.17 bits per heavy atom. The molecular formula is C23H27NO5. The number of carbonyl (C=O) groups is 1. The fourth-order valence-corrected chi connectivity index (χ4v) is 3.84. The maximum atomic E-state index is 10.9. The van der Waals surface area contributed by atoms with E-state index in [0.29, 0.717) is 30.0 Å². The molecule has 2 aromatic rings. The molecule has 1 aliphatic heterocycles. The van der Waals surface area contributed by atoms with Crippen LogP contribution in [0.5, 0.6) is 11.5 Å². The number of carboxylic acids is 1. The highest BCUT2D eigenvalue weighted by Crippen LogP contribution is 2.35. The van der Waals surface area contributed by atoms with E-state index in [1.807, 2.05) is 6.07 Å². The molecule has 0 radical (unpaired) electrons. The SMILES string of the molecule is COc1ccc(C=CC(=O)O)c(CC(O)CN2CCc3ccccc3C2)c1OC. The highest BCUT2D eigenvalue weighted by atomic mass is 16.5. The van der Waals surface area contributed by atoms with Crippen molar-refractivity contribution >= 4 is 12.0 Å². The number of benzene rings is 2. The number of aliphatic carboxylic acids is 1. The molecule has 0 aromatic heterocycles. The van der Waals surface area contributed by atoms with Gasteiger partial charge in [0.25, 0.3) is 0 Å². The van der Waals surface area contributed by atoms with E-state index in [0.717, 1.165) is 31.1 Å². The molecule has 0 spiro atoms. The third kappa shape index (κ3) is 5.16. The normalized spacial score (nSPS) is 15.1. The van der Waals surface area contributed by atoms with Crippen molar-refractivity contribution in [3.63, 3.8) is 0 Å². The van der Waals surface area contributed by atoms with E-state index in [1.165, 1.54) is 17.2 Å². The Balaban J connectivity index is 1.78. The van der Waals surface area contributed by atoms with Crippen molar-refractivity contribution in [1.29, 1.82) is 0 Å². The number of carboxylic acid groups (broad SMARTS) is 1. The van der Waals surface area contributed by atoms with Gasteiger partial charge in [0.15, 0.2) is 11.5 Å². The molecule has 2 N–H and O–H groups in total. The lowest BCUT2D eigenvalue weighted by molar-refractivity contribution is -0.131. The monoisotopic (exact) mass is 397 g/mol. The average Bonchev–Trinajstić information content (AvgIpc) is 2.72. The van der Waals surface area contributed by atoms with Crippen molar-refractivity contribution in [2.24, 2.45) is 0 Å². The van der Waals surface area contributed by atoms with E-state index in [4.69, 9.17) is 14.6 Å². The third-order valence-electron chi connectivity index (χ3n) is 5.21. The van der Waals surface area contributed by atoms with Crippen LogP contribution >= 0.6 is 0 Å². The first-order chi connectivity index (χ1) is 14.0. The van der Waals surface area contributed by atoms with Gasteiger partial charge in [0.2, 0.25) is 0 Å². The molecule has 1 atom stereocenters. The molecule has 6 nitrogen and oxygen atoms in total. The van der Waals surface area contributed by atoms with Crippen LogP contribution in [-0.2, 0) is 24.2 Å². The minimum Gasteiger partial charge on any atom is -0.493 e. The first kappa shape index (κ1) is 20.9. The highest BCUT2D eigenvalue weighted by molar-refractivity contribution is 5.86. The van der Waals surface area contributed by atoms with E-state index < -0.39 is 12.1 Å². The van der Waals surface area contributed by atoms with Crippen LogP contribution in [0.1, 0.15) is 22.3 Å². The number of methoxy groups -OCH3 is 2. The summed E-state index contributed by atoms with van der Waals surface area (Å²) in [5.74, 6) is 0.0374. The first-order valence-corrected chi connectivity index (χ1v) is 9.64. The van der Waals surface area contributed by atoms with Gasteiger partial charge in [-0.05, 0) is 35.3 Å². The number of β-amino-alcohol motifs (C(OH)–C–C–N with tert-alkyl or cyclic N) is 1. The van der Waals surface area contributed by atoms with E-state index >= 15 is 0 Å². The molecule has 0 amide bonds. The average molecular weight is 397 g/mol. The molecule has 1 aliphatic rings. The largest absolute Gasteiger partial charge is 0.493 e. The van der Waals surface area contributed by atoms with Crippen molar-refractivity contribution in [2.45, 2.75) is 25.5 Å². The molecule has 2 aromatic carbocycles. The molecule has 0 aliphatic carbocycles. The zero-order valence-electron chi connectivity index (χ0n) is 16.8. The molecule has 154 valence electrons. The number of ether oxygens (including phenoxy) is 2. The summed E-state index contributed by atoms with van der Waals surface area (Å²) in [5, 5.41) is 19.8. The lowest BCUT2D eigenvalue weighted by Crippen LogP contribution is -2.37. The molecule has 0 bridgehead atoms. The Labute approximate surface area is 171 Å². The fraction of sp³-hybridized carbons (Fsp3) is 0.348. The van der Waals surface area contributed by atoms with Gasteiger partial charge in [-0.25, -0.2) is 4.79 Å². The number of nitrogens with zero attached hydrogens (tertiary/aromatic N) is 1. The van der Waals surface area contributed by atoms with E-state index in [1.54, 1.807) is 26.4 Å². The molecule has 0 fully saturated rings. The highest BCUT2D eigenvalue weighted by Gasteiger charge is 2.22.